The van der Waals surface area contributed by atoms with Gasteiger partial charge in [-0.3, -0.25) is 9.80 Å². The number of benzene rings is 12. The van der Waals surface area contributed by atoms with Crippen LogP contribution in [-0.4, -0.2) is 283 Å². The van der Waals surface area contributed by atoms with Crippen molar-refractivity contribution in [1.29, 1.82) is 0 Å². The van der Waals surface area contributed by atoms with Crippen LogP contribution in [-0.2, 0) is 120 Å². The highest BCUT2D eigenvalue weighted by Gasteiger charge is 2.46. The Hall–Kier alpha value is -12.3. The third-order valence-corrected chi connectivity index (χ3v) is 49.1. The van der Waals surface area contributed by atoms with Crippen LogP contribution in [0.1, 0.15) is 0 Å². The van der Waals surface area contributed by atoms with Gasteiger partial charge in [0.15, 0.2) is 0 Å². The Morgan fingerprint density at radius 2 is 0.209 bits per heavy atom. The van der Waals surface area contributed by atoms with Gasteiger partial charge in [-0.05, 0) is 278 Å². The fourth-order valence-electron chi connectivity index (χ4n) is 14.8. The quantitative estimate of drug-likeness (QED) is 0.0343. The van der Waals surface area contributed by atoms with Gasteiger partial charge in [0.05, 0.1) is 130 Å². The maximum absolute atomic E-state index is 15.8. The summed E-state index contributed by atoms with van der Waals surface area (Å²) < 4.78 is 420. The fourth-order valence-corrected chi connectivity index (χ4v) is 36.5. The van der Waals surface area contributed by atoms with Gasteiger partial charge in [0.1, 0.15) is 57.5 Å². The van der Waals surface area contributed by atoms with E-state index < -0.39 is 258 Å². The van der Waals surface area contributed by atoms with Crippen LogP contribution in [0.25, 0.3) is 11.1 Å². The van der Waals surface area contributed by atoms with Crippen molar-refractivity contribution >= 4 is 120 Å². The summed E-state index contributed by atoms with van der Waals surface area (Å²) in [6.45, 7) is -12.8. The summed E-state index contributed by atoms with van der Waals surface area (Å²) in [4.78, 5) is -5.96. The summed E-state index contributed by atoms with van der Waals surface area (Å²) in [6, 6.07) is 52.8. The van der Waals surface area contributed by atoms with Crippen LogP contribution >= 0.6 is 0 Å². The molecule has 0 atom stereocenters. The fraction of sp³-hybridized carbons (Fsp3) is 0.234. The van der Waals surface area contributed by atoms with E-state index in [0.717, 1.165) is 180 Å². The van der Waals surface area contributed by atoms with E-state index in [1.54, 1.807) is 0 Å². The number of hydrogen-bond donors (Lipinski definition) is 0. The molecule has 0 saturated carbocycles. The van der Waals surface area contributed by atoms with Crippen LogP contribution in [0.4, 0.5) is 0 Å². The Morgan fingerprint density at radius 1 is 0.128 bits per heavy atom. The molecule has 0 fully saturated rings. The highest BCUT2D eigenvalue weighted by Crippen LogP contribution is 2.38. The topological polar surface area (TPSA) is 528 Å². The summed E-state index contributed by atoms with van der Waals surface area (Å²) in [7, 11) is -51.7. The van der Waals surface area contributed by atoms with E-state index in [0.29, 0.717) is 0 Å². The zero-order chi connectivity index (χ0) is 108. The average Bonchev–Trinajstić information content (AvgIpc) is 0.761. The molecule has 0 aliphatic carbocycles. The Morgan fingerprint density at radius 3 is 0.291 bits per heavy atom. The zero-order valence-electron chi connectivity index (χ0n) is 80.6. The molecule has 12 aromatic rings. The highest BCUT2D eigenvalue weighted by atomic mass is 32.3. The lowest BCUT2D eigenvalue weighted by Gasteiger charge is -2.31. The highest BCUT2D eigenvalue weighted by molar-refractivity contribution is 8.06. The molecule has 0 spiro atoms. The SMILES string of the molecule is COc1ccc(S(=O)(=O)N(CCN(CCN(S(=O)(=O)c2ccc(OC)cc2)S(=O)(=O)c2ccc(OC)cc2)CCN(S(=O)(=O)c2ccc(OC)cc2)S(=O)(=O)c2ccc(-c3ccc(S(=O)(=O)N(CCN(CCN(S(=O)(=O)c4ccc(OC)cc4)S(=O)(=O)c4ccc(OC)cc4)CCN(S(=O)(=O)c4ccc(OC)cc4)S(=O)(=O)c4ccc(OC)cc4)S(=O)(=O)c4ccc(OC)cc4)cc3)cc2)S(=O)(=O)c2ccc(OC)cc2)cc1. The van der Waals surface area contributed by atoms with Crippen molar-refractivity contribution in [1.82, 2.24) is 32.1 Å². The second-order valence-corrected chi connectivity index (χ2v) is 55.3. The normalized spacial score (nSPS) is 12.9. The van der Waals surface area contributed by atoms with Gasteiger partial charge in [-0.2, -0.15) is 0 Å². The first kappa shape index (κ1) is 114. The first-order chi connectivity index (χ1) is 69.9. The van der Waals surface area contributed by atoms with Crippen molar-refractivity contribution in [3.05, 3.63) is 291 Å². The van der Waals surface area contributed by atoms with E-state index in [2.05, 4.69) is 0 Å². The maximum Gasteiger partial charge on any atom is 0.256 e. The lowest BCUT2D eigenvalue weighted by atomic mass is 10.1. The molecular formula is C94H102N8O34S12. The minimum atomic E-state index is -5.56. The number of ether oxygens (including phenoxy) is 10. The number of hydrogen-bond acceptors (Lipinski definition) is 36. The van der Waals surface area contributed by atoms with Gasteiger partial charge in [-0.1, -0.05) is 46.5 Å². The van der Waals surface area contributed by atoms with E-state index >= 15 is 101 Å². The molecule has 0 N–H and O–H groups in total. The Balaban J connectivity index is 0.932. The minimum Gasteiger partial charge on any atom is -0.497 e. The molecule has 0 heterocycles. The van der Waals surface area contributed by atoms with Crippen LogP contribution in [0.15, 0.2) is 350 Å². The van der Waals surface area contributed by atoms with E-state index in [4.69, 9.17) is 47.4 Å². The lowest BCUT2D eigenvalue weighted by molar-refractivity contribution is 0.253. The van der Waals surface area contributed by atoms with Crippen molar-refractivity contribution in [2.24, 2.45) is 0 Å². The molecule has 0 saturated heterocycles. The smallest absolute Gasteiger partial charge is 0.256 e. The minimum absolute atomic E-state index is 0.0174. The number of rotatable bonds is 53. The number of sulfonamides is 12. The van der Waals surface area contributed by atoms with Crippen molar-refractivity contribution in [2.45, 2.75) is 58.7 Å². The van der Waals surface area contributed by atoms with Crippen LogP contribution in [0, 0.1) is 0 Å². The lowest BCUT2D eigenvalue weighted by Crippen LogP contribution is -2.48. The molecule has 0 unspecified atom stereocenters. The molecule has 0 aliphatic heterocycles. The predicted molar refractivity (Wildman–Crippen MR) is 541 cm³/mol. The summed E-state index contributed by atoms with van der Waals surface area (Å²) in [5.41, 5.74) is 0.0899. The molecule has 0 bridgehead atoms. The largest absolute Gasteiger partial charge is 0.497 e. The van der Waals surface area contributed by atoms with Crippen LogP contribution < -0.4 is 47.4 Å². The molecular weight excluding hydrogens is 2170 g/mol. The molecule has 54 heteroatoms. The van der Waals surface area contributed by atoms with Gasteiger partial charge >= 0.3 is 0 Å². The summed E-state index contributed by atoms with van der Waals surface area (Å²) >= 11 is 0. The molecule has 42 nitrogen and oxygen atoms in total. The van der Waals surface area contributed by atoms with E-state index in [1.807, 2.05) is 0 Å². The maximum atomic E-state index is 15.8. The molecule has 148 heavy (non-hydrogen) atoms. The van der Waals surface area contributed by atoms with Gasteiger partial charge in [0.25, 0.3) is 120 Å². The zero-order valence-corrected chi connectivity index (χ0v) is 90.4. The van der Waals surface area contributed by atoms with Crippen molar-refractivity contribution < 1.29 is 148 Å². The van der Waals surface area contributed by atoms with Crippen molar-refractivity contribution in [3.8, 4) is 68.6 Å². The standard InChI is InChI=1S/C94H102N8O34S12/c1-127-73-15-39-85(40-16-73)139(107,108)97(65-59-95(61-67-99(141(111,112)87-43-19-75(129-3)20-44-87)142(113,114)88-45-21-76(130-4)22-46-88)62-68-100(143(115,116)89-47-23-77(131-5)24-48-89)144(117,118)90-49-25-78(132-6)26-50-90)137(103,104)83-35-11-71(12-36-83)72-13-37-84(38-14-72)138(105,106)98(140(109,110)86-41-17-74(128-2)18-42-86)66-60-96(63-69-101(145(119,120)91-51-27-79(133-7)28-52-91)146(121,122)92-53-29-80(134-8)30-54-92)64-70-102(147(123,124)93-55-31-81(135-9)32-56-93)148(125,126)94-57-33-82(136-10)34-58-94/h11-58H,59-70H2,1-10H3. The van der Waals surface area contributed by atoms with Crippen molar-refractivity contribution in [3.63, 3.8) is 0 Å². The number of nitrogens with zero attached hydrogens (tertiary/aromatic N) is 8. The summed E-state index contributed by atoms with van der Waals surface area (Å²) in [5, 5.41) is 0. The van der Waals surface area contributed by atoms with Gasteiger partial charge < -0.3 is 47.4 Å². The van der Waals surface area contributed by atoms with Crippen LogP contribution in [0.3, 0.4) is 0 Å². The average molecular weight is 2270 g/mol. The first-order valence-electron chi connectivity index (χ1n) is 43.7. The van der Waals surface area contributed by atoms with Gasteiger partial charge in [0.2, 0.25) is 0 Å². The molecule has 12 rings (SSSR count). The van der Waals surface area contributed by atoms with Gasteiger partial charge in [-0.15, -0.1) is 0 Å². The van der Waals surface area contributed by atoms with Gasteiger partial charge in [-0.25, -0.2) is 101 Å². The molecule has 0 aromatic heterocycles. The third kappa shape index (κ3) is 25.2. The number of methoxy groups -OCH3 is 10. The first-order valence-corrected chi connectivity index (χ1v) is 60.9. The second-order valence-electron chi connectivity index (χ2n) is 31.5. The third-order valence-electron chi connectivity index (χ3n) is 23.0. The van der Waals surface area contributed by atoms with E-state index in [-0.39, 0.29) is 90.9 Å². The van der Waals surface area contributed by atoms with E-state index in [1.165, 1.54) is 192 Å². The monoisotopic (exact) mass is 2270 g/mol. The van der Waals surface area contributed by atoms with Crippen LogP contribution in [0.2, 0.25) is 0 Å². The van der Waals surface area contributed by atoms with Gasteiger partial charge in [0, 0.05) is 78.5 Å². The predicted octanol–water partition coefficient (Wildman–Crippen LogP) is 9.12. The summed E-state index contributed by atoms with van der Waals surface area (Å²) in [6.07, 6.45) is 0. The van der Waals surface area contributed by atoms with Crippen LogP contribution in [0.5, 0.6) is 57.5 Å². The molecule has 0 aliphatic rings. The molecule has 0 amide bonds. The molecule has 0 radical (unpaired) electrons. The molecule has 794 valence electrons. The molecule has 12 aromatic carbocycles. The Kier molecular flexibility index (Phi) is 36.6. The second kappa shape index (κ2) is 47.3. The Bertz CT molecular complexity index is 7070. The summed E-state index contributed by atoms with van der Waals surface area (Å²) in [5.74, 6) is 1.29. The Labute approximate surface area is 861 Å². The van der Waals surface area contributed by atoms with E-state index in [9.17, 15) is 0 Å². The van der Waals surface area contributed by atoms with Crippen molar-refractivity contribution in [2.75, 3.05) is 150 Å².